The Morgan fingerprint density at radius 2 is 0.768 bits per heavy atom. The van der Waals surface area contributed by atoms with Crippen molar-refractivity contribution in [2.75, 3.05) is 0 Å². The minimum Gasteiger partial charge on any atom is -1.00 e. The summed E-state index contributed by atoms with van der Waals surface area (Å²) in [6.45, 7) is 19.3. The van der Waals surface area contributed by atoms with Gasteiger partial charge in [0.25, 0.3) is 0 Å². The van der Waals surface area contributed by atoms with Gasteiger partial charge in [-0.1, -0.05) is 0 Å². The van der Waals surface area contributed by atoms with Crippen LogP contribution in [0, 0.1) is 0 Å². The molecule has 4 bridgehead atoms. The first-order chi connectivity index (χ1) is 25.8. The number of hydrogen-bond acceptors (Lipinski definition) is 0. The zero-order chi connectivity index (χ0) is 37.6. The molecule has 280 valence electrons. The molecule has 0 N–H and O–H groups in total. The van der Waals surface area contributed by atoms with Crippen molar-refractivity contribution in [2.24, 2.45) is 0 Å². The van der Waals surface area contributed by atoms with E-state index in [1.807, 2.05) is 0 Å². The quantitative estimate of drug-likeness (QED) is 0.157. The number of halogens is 2. The first kappa shape index (κ1) is 40.7. The SMILES string of the molecule is CC(C)(C)c1ccc(-c2cccc3c2C2=C(c4ccccc4)[CH]3[Zr+2][CH]3C(c4ccccc4)=C(c4c(-c5ccc(C(C)(C)C)cc5)cccc43)[Si]2(C)C)cc1.[Cl-].[Cl-]. The van der Waals surface area contributed by atoms with Gasteiger partial charge in [-0.25, -0.2) is 0 Å². The second-order valence-electron chi connectivity index (χ2n) is 18.2. The van der Waals surface area contributed by atoms with E-state index in [4.69, 9.17) is 0 Å². The summed E-state index contributed by atoms with van der Waals surface area (Å²) in [7, 11) is -2.47. The second kappa shape index (κ2) is 15.0. The molecule has 3 aliphatic rings. The third-order valence-electron chi connectivity index (χ3n) is 12.3. The molecule has 0 fully saturated rings. The Labute approximate surface area is 360 Å². The van der Waals surface area contributed by atoms with E-state index in [1.165, 1.54) is 44.5 Å². The van der Waals surface area contributed by atoms with E-state index in [1.54, 1.807) is 43.8 Å². The van der Waals surface area contributed by atoms with E-state index in [9.17, 15) is 0 Å². The molecule has 1 aliphatic heterocycles. The summed E-state index contributed by atoms with van der Waals surface area (Å²) in [6, 6.07) is 56.6. The average Bonchev–Trinajstić information content (AvgIpc) is 3.70. The van der Waals surface area contributed by atoms with E-state index < -0.39 is 31.3 Å². The molecule has 4 heteroatoms. The van der Waals surface area contributed by atoms with Crippen LogP contribution in [-0.4, -0.2) is 8.07 Å². The van der Waals surface area contributed by atoms with Crippen LogP contribution in [0.1, 0.15) is 93.3 Å². The maximum atomic E-state index is 2.69. The molecule has 9 rings (SSSR count). The summed E-state index contributed by atoms with van der Waals surface area (Å²) >= 11 is -1.24. The molecule has 2 aliphatic carbocycles. The molecular formula is C52H50Cl2SiZr. The molecule has 0 nitrogen and oxygen atoms in total. The van der Waals surface area contributed by atoms with Crippen molar-refractivity contribution in [3.05, 3.63) is 190 Å². The van der Waals surface area contributed by atoms with Crippen molar-refractivity contribution in [3.8, 4) is 22.3 Å². The number of fused-ring (bicyclic) bond motifs is 8. The smallest absolute Gasteiger partial charge is 1.00 e. The molecule has 0 aromatic heterocycles. The Hall–Kier alpha value is -3.52. The summed E-state index contributed by atoms with van der Waals surface area (Å²) in [6.07, 6.45) is 0. The van der Waals surface area contributed by atoms with Gasteiger partial charge in [0.05, 0.1) is 0 Å². The van der Waals surface area contributed by atoms with Crippen LogP contribution in [0.15, 0.2) is 146 Å². The van der Waals surface area contributed by atoms with Crippen molar-refractivity contribution in [3.63, 3.8) is 0 Å². The number of hydrogen-bond donors (Lipinski definition) is 0. The van der Waals surface area contributed by atoms with E-state index >= 15 is 0 Å². The molecule has 2 atom stereocenters. The van der Waals surface area contributed by atoms with Crippen LogP contribution in [0.3, 0.4) is 0 Å². The fraction of sp³-hybridized carbons (Fsp3) is 0.231. The molecule has 0 saturated carbocycles. The van der Waals surface area contributed by atoms with Crippen LogP contribution in [0.25, 0.3) is 43.8 Å². The largest absolute Gasteiger partial charge is 1.00 e. The molecule has 0 spiro atoms. The van der Waals surface area contributed by atoms with Gasteiger partial charge in [-0.05, 0) is 0 Å². The van der Waals surface area contributed by atoms with Gasteiger partial charge in [-0.2, -0.15) is 0 Å². The zero-order valence-corrected chi connectivity index (χ0v) is 38.7. The van der Waals surface area contributed by atoms with Crippen molar-refractivity contribution in [1.29, 1.82) is 0 Å². The van der Waals surface area contributed by atoms with Gasteiger partial charge in [0, 0.05) is 0 Å². The Morgan fingerprint density at radius 3 is 1.11 bits per heavy atom. The fourth-order valence-electron chi connectivity index (χ4n) is 9.62. The predicted molar refractivity (Wildman–Crippen MR) is 231 cm³/mol. The van der Waals surface area contributed by atoms with Gasteiger partial charge in [-0.15, -0.1) is 0 Å². The molecule has 1 heterocycles. The number of allylic oxidation sites excluding steroid dienone is 2. The number of benzene rings is 6. The Balaban J connectivity index is 0.00000240. The van der Waals surface area contributed by atoms with Gasteiger partial charge in [-0.3, -0.25) is 0 Å². The van der Waals surface area contributed by atoms with Crippen molar-refractivity contribution < 1.29 is 48.0 Å². The monoisotopic (exact) mass is 862 g/mol. The van der Waals surface area contributed by atoms with Gasteiger partial charge in [0.2, 0.25) is 0 Å². The average molecular weight is 865 g/mol. The van der Waals surface area contributed by atoms with Crippen LogP contribution in [0.4, 0.5) is 0 Å². The molecule has 2 unspecified atom stereocenters. The Bertz CT molecular complexity index is 2310. The second-order valence-corrected chi connectivity index (χ2v) is 26.1. The van der Waals surface area contributed by atoms with Crippen LogP contribution < -0.4 is 24.8 Å². The number of rotatable bonds is 4. The first-order valence-electron chi connectivity index (χ1n) is 19.7. The third kappa shape index (κ3) is 6.63. The van der Waals surface area contributed by atoms with Crippen molar-refractivity contribution in [2.45, 2.75) is 72.7 Å². The minimum absolute atomic E-state index is 0. The standard InChI is InChI=1S/C52H50Si.2ClH.Zr/c1-51(2,3)41-29-25-37(26-30-41)43-23-15-21-39-33-45(35-17-11-9-12-18-35)49(47(39)43)53(7,8)50-46(36-19-13-10-14-20-36)34-40-22-16-24-44(48(40)50)38-27-31-42(32-28-38)52(4,5)6;;;/h9-34H,1-8H3;2*1H;/q;;;+2/p-2. The van der Waals surface area contributed by atoms with E-state index in [-0.39, 0.29) is 35.6 Å². The summed E-state index contributed by atoms with van der Waals surface area (Å²) in [5, 5.41) is 3.33. The van der Waals surface area contributed by atoms with Crippen LogP contribution in [0.5, 0.6) is 0 Å². The van der Waals surface area contributed by atoms with Gasteiger partial charge >= 0.3 is 338 Å². The summed E-state index contributed by atoms with van der Waals surface area (Å²) < 4.78 is 0.931. The van der Waals surface area contributed by atoms with Gasteiger partial charge in [0.15, 0.2) is 0 Å². The van der Waals surface area contributed by atoms with Crippen molar-refractivity contribution >= 4 is 29.6 Å². The molecule has 56 heavy (non-hydrogen) atoms. The van der Waals surface area contributed by atoms with Crippen LogP contribution >= 0.6 is 0 Å². The van der Waals surface area contributed by atoms with Gasteiger partial charge < -0.3 is 24.8 Å². The minimum atomic E-state index is -2.47. The zero-order valence-electron chi connectivity index (χ0n) is 33.8. The summed E-state index contributed by atoms with van der Waals surface area (Å²) in [4.78, 5) is 0. The van der Waals surface area contributed by atoms with E-state index in [0.29, 0.717) is 7.25 Å². The fourth-order valence-corrected chi connectivity index (χ4v) is 19.5. The maximum Gasteiger partial charge on any atom is -1.00 e. The van der Waals surface area contributed by atoms with Crippen LogP contribution in [-0.2, 0) is 34.1 Å². The normalized spacial score (nSPS) is 17.7. The van der Waals surface area contributed by atoms with Crippen molar-refractivity contribution in [1.82, 2.24) is 0 Å². The molecule has 0 radical (unpaired) electrons. The molecule has 6 aromatic rings. The summed E-state index contributed by atoms with van der Waals surface area (Å²) in [5.41, 5.74) is 20.9. The molecule has 0 amide bonds. The maximum absolute atomic E-state index is 2.69. The molecular weight excluding hydrogens is 815 g/mol. The predicted octanol–water partition coefficient (Wildman–Crippen LogP) is 8.14. The third-order valence-corrected chi connectivity index (χ3v) is 20.4. The summed E-state index contributed by atoms with van der Waals surface area (Å²) in [5.74, 6) is 0. The first-order valence-corrected chi connectivity index (χ1v) is 25.5. The topological polar surface area (TPSA) is 0 Å². The molecule has 0 saturated heterocycles. The molecule has 6 aromatic carbocycles. The van der Waals surface area contributed by atoms with Crippen LogP contribution in [0.2, 0.25) is 13.1 Å². The van der Waals surface area contributed by atoms with Gasteiger partial charge in [0.1, 0.15) is 0 Å². The Morgan fingerprint density at radius 1 is 0.411 bits per heavy atom. The Kier molecular flexibility index (Phi) is 10.9. The van der Waals surface area contributed by atoms with E-state index in [2.05, 4.69) is 200 Å². The van der Waals surface area contributed by atoms with E-state index in [0.717, 1.165) is 0 Å².